The number of nitrogens with one attached hydrogen (secondary N) is 1. The maximum Gasteiger partial charge on any atom is 0.192 e. The SMILES string of the molecule is C#Cc1cccc2cc(O)cc(-c3cc(=O)c4c(N5CC6CC(C5)N6)cc(OCC56CCCN5CCC6)cc4n3C)c12. The highest BCUT2D eigenvalue weighted by atomic mass is 16.5. The zero-order chi connectivity index (χ0) is 28.6. The number of ether oxygens (including phenoxy) is 1. The summed E-state index contributed by atoms with van der Waals surface area (Å²) in [6.45, 7) is 4.73. The Morgan fingerprint density at radius 3 is 2.57 bits per heavy atom. The molecule has 2 atom stereocenters. The molecule has 0 saturated carbocycles. The van der Waals surface area contributed by atoms with E-state index in [2.05, 4.69) is 31.7 Å². The van der Waals surface area contributed by atoms with E-state index in [1.165, 1.54) is 32.1 Å². The van der Waals surface area contributed by atoms with Gasteiger partial charge in [-0.2, -0.15) is 0 Å². The van der Waals surface area contributed by atoms with Crippen LogP contribution in [0.4, 0.5) is 5.69 Å². The number of pyridine rings is 1. The summed E-state index contributed by atoms with van der Waals surface area (Å²) in [5.41, 5.74) is 4.03. The Bertz CT molecular complexity index is 1830. The fourth-order valence-electron chi connectivity index (χ4n) is 8.24. The third-order valence-corrected chi connectivity index (χ3v) is 10.3. The number of aromatic nitrogens is 1. The van der Waals surface area contributed by atoms with Gasteiger partial charge in [-0.1, -0.05) is 18.1 Å². The summed E-state index contributed by atoms with van der Waals surface area (Å²) in [4.78, 5) is 19.1. The molecule has 0 radical (unpaired) electrons. The lowest BCUT2D eigenvalue weighted by Gasteiger charge is -2.49. The summed E-state index contributed by atoms with van der Waals surface area (Å²) in [6, 6.07) is 15.9. The number of nitrogens with zero attached hydrogens (tertiary/aromatic N) is 3. The van der Waals surface area contributed by atoms with Crippen molar-refractivity contribution in [2.75, 3.05) is 37.7 Å². The van der Waals surface area contributed by atoms with Crippen molar-refractivity contribution in [1.82, 2.24) is 14.8 Å². The first-order valence-electron chi connectivity index (χ1n) is 15.2. The molecule has 2 N–H and O–H groups in total. The number of hydrogen-bond acceptors (Lipinski definition) is 6. The Kier molecular flexibility index (Phi) is 5.82. The summed E-state index contributed by atoms with van der Waals surface area (Å²) in [7, 11) is 1.99. The van der Waals surface area contributed by atoms with E-state index in [-0.39, 0.29) is 16.7 Å². The van der Waals surface area contributed by atoms with Gasteiger partial charge in [0.1, 0.15) is 18.1 Å². The van der Waals surface area contributed by atoms with Crippen LogP contribution in [-0.4, -0.2) is 65.0 Å². The minimum atomic E-state index is -0.0436. The topological polar surface area (TPSA) is 70.0 Å². The van der Waals surface area contributed by atoms with E-state index < -0.39 is 0 Å². The van der Waals surface area contributed by atoms with Gasteiger partial charge in [-0.15, -0.1) is 6.42 Å². The maximum atomic E-state index is 14.1. The highest BCUT2D eigenvalue weighted by molar-refractivity contribution is 6.03. The monoisotopic (exact) mass is 560 g/mol. The molecule has 5 aliphatic heterocycles. The largest absolute Gasteiger partial charge is 0.508 e. The number of benzene rings is 3. The number of phenols is 1. The van der Waals surface area contributed by atoms with Gasteiger partial charge in [0.25, 0.3) is 0 Å². The number of anilines is 1. The highest BCUT2D eigenvalue weighted by Crippen LogP contribution is 2.41. The van der Waals surface area contributed by atoms with Crippen LogP contribution in [0, 0.1) is 12.3 Å². The molecular formula is C35H36N4O3. The van der Waals surface area contributed by atoms with Crippen molar-refractivity contribution in [3.05, 3.63) is 64.3 Å². The summed E-state index contributed by atoms with van der Waals surface area (Å²) in [5, 5.41) is 16.7. The van der Waals surface area contributed by atoms with E-state index in [0.717, 1.165) is 65.0 Å². The van der Waals surface area contributed by atoms with Crippen LogP contribution in [0.1, 0.15) is 37.7 Å². The number of piperidine rings is 1. The van der Waals surface area contributed by atoms with E-state index in [0.29, 0.717) is 29.8 Å². The van der Waals surface area contributed by atoms with E-state index in [1.807, 2.05) is 31.3 Å². The lowest BCUT2D eigenvalue weighted by molar-refractivity contribution is 0.114. The minimum Gasteiger partial charge on any atom is -0.508 e. The van der Waals surface area contributed by atoms with Gasteiger partial charge in [-0.05, 0) is 68.8 Å². The number of aryl methyl sites for hydroxylation is 1. The van der Waals surface area contributed by atoms with Crippen LogP contribution >= 0.6 is 0 Å². The van der Waals surface area contributed by atoms with Crippen LogP contribution in [0.5, 0.6) is 11.5 Å². The lowest BCUT2D eigenvalue weighted by Crippen LogP contribution is -2.67. The van der Waals surface area contributed by atoms with E-state index in [9.17, 15) is 9.90 Å². The fourth-order valence-corrected chi connectivity index (χ4v) is 8.24. The molecule has 42 heavy (non-hydrogen) atoms. The van der Waals surface area contributed by atoms with Crippen molar-refractivity contribution in [2.45, 2.75) is 49.7 Å². The summed E-state index contributed by atoms with van der Waals surface area (Å²) in [6.07, 6.45) is 11.9. The van der Waals surface area contributed by atoms with Gasteiger partial charge in [0, 0.05) is 66.9 Å². The fraction of sp³-hybridized carbons (Fsp3) is 0.400. The molecule has 0 amide bonds. The molecule has 3 aromatic carbocycles. The molecule has 5 saturated heterocycles. The number of hydrogen-bond donors (Lipinski definition) is 2. The molecule has 2 bridgehead atoms. The number of fused-ring (bicyclic) bond motifs is 5. The second-order valence-electron chi connectivity index (χ2n) is 12.7. The van der Waals surface area contributed by atoms with Gasteiger partial charge in [0.2, 0.25) is 0 Å². The van der Waals surface area contributed by atoms with Crippen molar-refractivity contribution < 1.29 is 9.84 Å². The van der Waals surface area contributed by atoms with Gasteiger partial charge < -0.3 is 24.6 Å². The van der Waals surface area contributed by atoms with Gasteiger partial charge in [-0.25, -0.2) is 0 Å². The second-order valence-corrected chi connectivity index (χ2v) is 12.7. The Balaban J connectivity index is 1.31. The molecule has 214 valence electrons. The standard InChI is InChI=1S/C35H36N4O3/c1-3-22-7-4-8-23-13-26(40)15-28(33(22)23)29-18-32(41)34-30(37(29)2)16-27(17-31(34)38-19-24-14-25(20-38)36-24)42-21-35-9-5-11-39(35)12-6-10-35/h1,4,7-8,13,15-18,24-25,36,40H,5-6,9-12,14,19-21H2,2H3. The van der Waals surface area contributed by atoms with E-state index in [4.69, 9.17) is 11.2 Å². The van der Waals surface area contributed by atoms with Crippen molar-refractivity contribution in [3.8, 4) is 35.1 Å². The third-order valence-electron chi connectivity index (χ3n) is 10.3. The molecule has 2 unspecified atom stereocenters. The Morgan fingerprint density at radius 2 is 1.83 bits per heavy atom. The molecular weight excluding hydrogens is 524 g/mol. The van der Waals surface area contributed by atoms with E-state index in [1.54, 1.807) is 18.2 Å². The number of rotatable bonds is 5. The van der Waals surface area contributed by atoms with Gasteiger partial charge in [-0.3, -0.25) is 9.69 Å². The summed E-state index contributed by atoms with van der Waals surface area (Å²) >= 11 is 0. The lowest BCUT2D eigenvalue weighted by atomic mass is 9.90. The zero-order valence-corrected chi connectivity index (χ0v) is 24.0. The molecule has 7 heteroatoms. The number of phenolic OH excluding ortho intramolecular Hbond substituents is 1. The zero-order valence-electron chi connectivity index (χ0n) is 24.0. The van der Waals surface area contributed by atoms with Gasteiger partial charge in [0.05, 0.1) is 27.8 Å². The summed E-state index contributed by atoms with van der Waals surface area (Å²) in [5.74, 6) is 3.73. The molecule has 0 spiro atoms. The first-order chi connectivity index (χ1) is 20.4. The predicted octanol–water partition coefficient (Wildman–Crippen LogP) is 4.60. The Labute approximate surface area is 245 Å². The molecule has 4 aromatic rings. The highest BCUT2D eigenvalue weighted by Gasteiger charge is 2.45. The average Bonchev–Trinajstić information content (AvgIpc) is 3.57. The van der Waals surface area contributed by atoms with Crippen molar-refractivity contribution in [2.24, 2.45) is 7.05 Å². The van der Waals surface area contributed by atoms with Gasteiger partial charge in [0.15, 0.2) is 5.43 Å². The normalized spacial score (nSPS) is 22.7. The van der Waals surface area contributed by atoms with Crippen molar-refractivity contribution in [3.63, 3.8) is 0 Å². The van der Waals surface area contributed by atoms with Crippen LogP contribution in [0.2, 0.25) is 0 Å². The Hall–Kier alpha value is -3.99. The van der Waals surface area contributed by atoms with Crippen molar-refractivity contribution >= 4 is 27.4 Å². The van der Waals surface area contributed by atoms with Crippen LogP contribution in [0.3, 0.4) is 0 Å². The number of aromatic hydroxyl groups is 1. The Morgan fingerprint density at radius 1 is 1.07 bits per heavy atom. The number of terminal acetylenes is 1. The first kappa shape index (κ1) is 25.7. The molecule has 1 aromatic heterocycles. The molecule has 7 nitrogen and oxygen atoms in total. The van der Waals surface area contributed by atoms with Gasteiger partial charge >= 0.3 is 0 Å². The smallest absolute Gasteiger partial charge is 0.192 e. The summed E-state index contributed by atoms with van der Waals surface area (Å²) < 4.78 is 8.74. The average molecular weight is 561 g/mol. The number of piperazine rings is 1. The molecule has 9 rings (SSSR count). The minimum absolute atomic E-state index is 0.0436. The third kappa shape index (κ3) is 3.93. The van der Waals surface area contributed by atoms with Crippen LogP contribution < -0.4 is 20.4 Å². The first-order valence-corrected chi connectivity index (χ1v) is 15.2. The van der Waals surface area contributed by atoms with Crippen LogP contribution in [0.15, 0.2) is 53.3 Å². The molecule has 5 aliphatic rings. The van der Waals surface area contributed by atoms with Crippen molar-refractivity contribution in [1.29, 1.82) is 0 Å². The second kappa shape index (κ2) is 9.52. The molecule has 6 heterocycles. The molecule has 5 fully saturated rings. The maximum absolute atomic E-state index is 14.1. The predicted molar refractivity (Wildman–Crippen MR) is 168 cm³/mol. The van der Waals surface area contributed by atoms with E-state index >= 15 is 0 Å². The quantitative estimate of drug-likeness (QED) is 0.348. The van der Waals surface area contributed by atoms with Crippen LogP contribution in [-0.2, 0) is 7.05 Å². The van der Waals surface area contributed by atoms with Crippen LogP contribution in [0.25, 0.3) is 32.9 Å². The molecule has 0 aliphatic carbocycles.